The minimum absolute atomic E-state index is 0.385. The average molecular weight is 292 g/mol. The Hall–Kier alpha value is -2.14. The molecule has 0 aliphatic carbocycles. The fourth-order valence-electron chi connectivity index (χ4n) is 2.66. The predicted molar refractivity (Wildman–Crippen MR) is 68.7 cm³/mol. The molecule has 4 heterocycles. The van der Waals surface area contributed by atoms with Crippen LogP contribution in [0.4, 0.5) is 11.5 Å². The van der Waals surface area contributed by atoms with Gasteiger partial charge >= 0.3 is 0 Å². The maximum absolute atomic E-state index is 10.1. The zero-order valence-corrected chi connectivity index (χ0v) is 10.7. The smallest absolute Gasteiger partial charge is 0.190 e. The monoisotopic (exact) mass is 292 g/mol. The molecule has 0 saturated carbocycles. The maximum atomic E-state index is 10.1. The Morgan fingerprint density at radius 3 is 2.90 bits per heavy atom. The highest BCUT2D eigenvalue weighted by atomic mass is 16.6. The molecule has 1 fully saturated rings. The molecule has 0 radical (unpaired) electrons. The molecule has 0 amide bonds. The molecule has 4 unspecified atom stereocenters. The van der Waals surface area contributed by atoms with Crippen molar-refractivity contribution in [1.29, 1.82) is 0 Å². The summed E-state index contributed by atoms with van der Waals surface area (Å²) in [5, 5.41) is 37.4. The fraction of sp³-hybridized carbons (Fsp3) is 0.455. The van der Waals surface area contributed by atoms with Gasteiger partial charge in [0.05, 0.1) is 17.7 Å². The van der Waals surface area contributed by atoms with Crippen molar-refractivity contribution in [3.63, 3.8) is 0 Å². The van der Waals surface area contributed by atoms with Crippen LogP contribution in [0.1, 0.15) is 6.23 Å². The van der Waals surface area contributed by atoms with Gasteiger partial charge in [-0.3, -0.25) is 5.43 Å². The Morgan fingerprint density at radius 1 is 1.29 bits per heavy atom. The first-order valence-electron chi connectivity index (χ1n) is 6.35. The van der Waals surface area contributed by atoms with E-state index in [9.17, 15) is 10.2 Å². The van der Waals surface area contributed by atoms with Gasteiger partial charge in [0.15, 0.2) is 12.0 Å². The molecule has 10 nitrogen and oxygen atoms in total. The summed E-state index contributed by atoms with van der Waals surface area (Å²) >= 11 is 0. The van der Waals surface area contributed by atoms with E-state index in [2.05, 4.69) is 25.7 Å². The van der Waals surface area contributed by atoms with Gasteiger partial charge in [-0.2, -0.15) is 0 Å². The lowest BCUT2D eigenvalue weighted by Crippen LogP contribution is -2.33. The second kappa shape index (κ2) is 4.43. The van der Waals surface area contributed by atoms with E-state index in [1.165, 1.54) is 6.33 Å². The molecule has 1 saturated heterocycles. The van der Waals surface area contributed by atoms with Gasteiger partial charge in [-0.1, -0.05) is 5.22 Å². The van der Waals surface area contributed by atoms with Crippen molar-refractivity contribution >= 4 is 22.5 Å². The maximum Gasteiger partial charge on any atom is 0.190 e. The van der Waals surface area contributed by atoms with Crippen LogP contribution < -0.4 is 5.43 Å². The van der Waals surface area contributed by atoms with Crippen LogP contribution >= 0.6 is 0 Å². The largest absolute Gasteiger partial charge is 0.394 e. The Balaban J connectivity index is 1.84. The number of ether oxygens (including phenoxy) is 1. The lowest BCUT2D eigenvalue weighted by Gasteiger charge is -2.17. The van der Waals surface area contributed by atoms with Gasteiger partial charge in [0.1, 0.15) is 30.3 Å². The summed E-state index contributed by atoms with van der Waals surface area (Å²) in [6.45, 7) is -0.385. The van der Waals surface area contributed by atoms with E-state index in [4.69, 9.17) is 9.84 Å². The van der Waals surface area contributed by atoms with Crippen molar-refractivity contribution < 1.29 is 20.1 Å². The molecule has 4 atom stereocenters. The molecule has 10 heteroatoms. The zero-order valence-electron chi connectivity index (χ0n) is 10.7. The van der Waals surface area contributed by atoms with Crippen LogP contribution in [0.15, 0.2) is 22.9 Å². The van der Waals surface area contributed by atoms with E-state index in [-0.39, 0.29) is 6.61 Å². The first-order valence-corrected chi connectivity index (χ1v) is 6.35. The Morgan fingerprint density at radius 2 is 2.14 bits per heavy atom. The molecule has 110 valence electrons. The number of aliphatic hydroxyl groups excluding tert-OH is 3. The normalized spacial score (nSPS) is 30.8. The third-order valence-electron chi connectivity index (χ3n) is 3.70. The molecular formula is C11H12N6O4. The Labute approximate surface area is 117 Å². The summed E-state index contributed by atoms with van der Waals surface area (Å²) in [5.74, 6) is 0.416. The molecule has 2 aromatic rings. The first kappa shape index (κ1) is 12.6. The summed E-state index contributed by atoms with van der Waals surface area (Å²) in [6.07, 6.45) is -1.07. The van der Waals surface area contributed by atoms with Crippen LogP contribution in [-0.2, 0) is 4.74 Å². The summed E-state index contributed by atoms with van der Waals surface area (Å²) in [7, 11) is 0. The number of nitrogens with zero attached hydrogens (tertiary/aromatic N) is 5. The zero-order chi connectivity index (χ0) is 14.6. The molecule has 0 bridgehead atoms. The van der Waals surface area contributed by atoms with E-state index in [1.54, 1.807) is 10.8 Å². The molecule has 2 aliphatic heterocycles. The van der Waals surface area contributed by atoms with Crippen LogP contribution in [-0.4, -0.2) is 54.8 Å². The Kier molecular flexibility index (Phi) is 2.65. The van der Waals surface area contributed by atoms with Crippen LogP contribution in [0.25, 0.3) is 11.0 Å². The highest BCUT2D eigenvalue weighted by Gasteiger charge is 2.44. The first-order chi connectivity index (χ1) is 10.2. The molecule has 2 aliphatic rings. The van der Waals surface area contributed by atoms with Crippen molar-refractivity contribution in [2.75, 3.05) is 12.0 Å². The Bertz CT molecular complexity index is 731. The van der Waals surface area contributed by atoms with Crippen molar-refractivity contribution in [2.45, 2.75) is 24.5 Å². The SMILES string of the molecule is OCC1OC(n2cc3c4c(ncnc42)N=NN3)C(O)C1O. The van der Waals surface area contributed by atoms with Gasteiger partial charge in [-0.25, -0.2) is 9.97 Å². The van der Waals surface area contributed by atoms with Crippen molar-refractivity contribution in [1.82, 2.24) is 14.5 Å². The summed E-state index contributed by atoms with van der Waals surface area (Å²) in [4.78, 5) is 8.20. The molecule has 0 aromatic carbocycles. The van der Waals surface area contributed by atoms with Crippen LogP contribution in [0.3, 0.4) is 0 Å². The molecule has 21 heavy (non-hydrogen) atoms. The number of nitrogens with one attached hydrogen (secondary N) is 1. The van der Waals surface area contributed by atoms with E-state index < -0.39 is 24.5 Å². The minimum Gasteiger partial charge on any atom is -0.394 e. The number of aliphatic hydroxyl groups is 3. The van der Waals surface area contributed by atoms with Crippen molar-refractivity contribution in [3.8, 4) is 0 Å². The third kappa shape index (κ3) is 1.67. The highest BCUT2D eigenvalue weighted by molar-refractivity contribution is 5.98. The lowest BCUT2D eigenvalue weighted by molar-refractivity contribution is -0.0508. The fourth-order valence-corrected chi connectivity index (χ4v) is 2.66. The summed E-state index contributed by atoms with van der Waals surface area (Å²) in [6, 6.07) is 0. The topological polar surface area (TPSA) is 137 Å². The quantitative estimate of drug-likeness (QED) is 0.583. The highest BCUT2D eigenvalue weighted by Crippen LogP contribution is 2.39. The van der Waals surface area contributed by atoms with Gasteiger partial charge in [0.2, 0.25) is 0 Å². The van der Waals surface area contributed by atoms with Gasteiger partial charge < -0.3 is 24.6 Å². The summed E-state index contributed by atoms with van der Waals surface area (Å²) < 4.78 is 7.08. The lowest BCUT2D eigenvalue weighted by atomic mass is 10.1. The number of hydrogen-bond acceptors (Lipinski definition) is 9. The van der Waals surface area contributed by atoms with Crippen LogP contribution in [0.5, 0.6) is 0 Å². The number of hydrogen-bond donors (Lipinski definition) is 4. The van der Waals surface area contributed by atoms with Gasteiger partial charge in [0, 0.05) is 6.20 Å². The standard InChI is InChI=1S/C11H12N6O4/c18-2-5-7(19)8(20)11(21-5)17-1-4-6-9(15-16-14-4)12-3-13-10(6)17/h1,3,5,7-8,11,18-20H,2H2,(H,12,13,14,15). The van der Waals surface area contributed by atoms with E-state index in [1.807, 2.05) is 0 Å². The van der Waals surface area contributed by atoms with Gasteiger partial charge in [-0.15, -0.1) is 5.11 Å². The van der Waals surface area contributed by atoms with Crippen LogP contribution in [0.2, 0.25) is 0 Å². The predicted octanol–water partition coefficient (Wildman–Crippen LogP) is -0.533. The van der Waals surface area contributed by atoms with Crippen molar-refractivity contribution in [2.24, 2.45) is 10.3 Å². The van der Waals surface area contributed by atoms with E-state index >= 15 is 0 Å². The molecular weight excluding hydrogens is 280 g/mol. The minimum atomic E-state index is -1.18. The molecule has 4 N–H and O–H groups in total. The number of aromatic nitrogens is 3. The summed E-state index contributed by atoms with van der Waals surface area (Å²) in [5.41, 5.74) is 3.86. The molecule has 4 rings (SSSR count). The van der Waals surface area contributed by atoms with E-state index in [0.717, 1.165) is 0 Å². The second-order valence-corrected chi connectivity index (χ2v) is 4.89. The third-order valence-corrected chi connectivity index (χ3v) is 3.70. The number of rotatable bonds is 2. The number of anilines is 1. The molecule has 2 aromatic heterocycles. The van der Waals surface area contributed by atoms with Crippen LogP contribution in [0, 0.1) is 0 Å². The second-order valence-electron chi connectivity index (χ2n) is 4.89. The average Bonchev–Trinajstić information content (AvgIpc) is 3.01. The van der Waals surface area contributed by atoms with Gasteiger partial charge in [-0.05, 0) is 0 Å². The molecule has 0 spiro atoms. The van der Waals surface area contributed by atoms with E-state index in [0.29, 0.717) is 22.5 Å². The van der Waals surface area contributed by atoms with Crippen molar-refractivity contribution in [3.05, 3.63) is 12.5 Å². The van der Waals surface area contributed by atoms with Gasteiger partial charge in [0.25, 0.3) is 0 Å².